The molecule has 0 aliphatic carbocycles. The first-order chi connectivity index (χ1) is 26.8. The average Bonchev–Trinajstić information content (AvgIpc) is 3.75. The van der Waals surface area contributed by atoms with Crippen LogP contribution in [0.15, 0.2) is 42.5 Å². The molecule has 2 heterocycles. The van der Waals surface area contributed by atoms with Crippen molar-refractivity contribution in [2.75, 3.05) is 49.9 Å². The number of esters is 1. The summed E-state index contributed by atoms with van der Waals surface area (Å²) in [6.45, 7) is 13.5. The summed E-state index contributed by atoms with van der Waals surface area (Å²) in [6.07, 6.45) is 3.81. The molecule has 0 spiro atoms. The first-order valence-electron chi connectivity index (χ1n) is 19.5. The number of nitrogen functional groups attached to an aromatic ring is 1. The van der Waals surface area contributed by atoms with E-state index in [2.05, 4.69) is 0 Å². The highest BCUT2D eigenvalue weighted by molar-refractivity contribution is 7.49. The minimum atomic E-state index is -4.14. The molecule has 0 radical (unpaired) electrons. The molecule has 0 bridgehead atoms. The summed E-state index contributed by atoms with van der Waals surface area (Å²) in [5, 5.41) is 1.57. The zero-order chi connectivity index (χ0) is 41.7. The maximum atomic E-state index is 14.2. The predicted molar refractivity (Wildman–Crippen MR) is 222 cm³/mol. The fourth-order valence-corrected chi connectivity index (χ4v) is 9.34. The van der Waals surface area contributed by atoms with Crippen LogP contribution < -0.4 is 24.6 Å². The lowest BCUT2D eigenvalue weighted by Gasteiger charge is -2.31. The van der Waals surface area contributed by atoms with Crippen LogP contribution in [0.2, 0.25) is 0 Å². The maximum Gasteiger partial charge on any atom is 0.531 e. The summed E-state index contributed by atoms with van der Waals surface area (Å²) < 4.78 is 49.0. The number of anilines is 2. The van der Waals surface area contributed by atoms with Gasteiger partial charge in [0.2, 0.25) is 5.91 Å². The molecule has 1 saturated heterocycles. The number of methoxy groups -OCH3 is 1. The molecule has 2 aliphatic rings. The van der Waals surface area contributed by atoms with E-state index in [1.165, 1.54) is 14.0 Å². The third-order valence-corrected chi connectivity index (χ3v) is 11.9. The lowest BCUT2D eigenvalue weighted by molar-refractivity contribution is -0.142. The number of nitrogens with two attached hydrogens (primary N) is 1. The molecular formula is C42H57ClN3O10P. The zero-order valence-electron chi connectivity index (χ0n) is 34.4. The van der Waals surface area contributed by atoms with Gasteiger partial charge in [-0.25, -0.2) is 4.57 Å². The maximum absolute atomic E-state index is 14.2. The van der Waals surface area contributed by atoms with Gasteiger partial charge >= 0.3 is 13.8 Å². The standard InChI is InChI=1S/C42H57ClN3O10P/c1-27(47)53-26-29-15-14-19-45(29)40(49)32-21-36(51-8)37(22-33(32)44)52-20-13-9-10-18-38(48)46-25-28(24-43)39-31-17-12-11-16-30(31)35(23-34(39)46)54-57(50,55-41(2,3)4)56-42(5,6)7/h11-12,16-17,21-23,28-29H,9-10,13-15,18-20,24-26,44H2,1-8H3/t28-,29+/m1/s1. The number of likely N-dealkylation sites (tertiary alicyclic amines) is 1. The number of carbonyl (C=O) groups excluding carboxylic acids is 3. The van der Waals surface area contributed by atoms with E-state index in [0.29, 0.717) is 78.7 Å². The highest BCUT2D eigenvalue weighted by atomic mass is 35.5. The highest BCUT2D eigenvalue weighted by Gasteiger charge is 2.41. The Balaban J connectivity index is 1.23. The molecule has 312 valence electrons. The molecule has 2 amide bonds. The second kappa shape index (κ2) is 18.3. The van der Waals surface area contributed by atoms with E-state index < -0.39 is 19.0 Å². The van der Waals surface area contributed by atoms with Crippen molar-refractivity contribution in [3.63, 3.8) is 0 Å². The van der Waals surface area contributed by atoms with Crippen LogP contribution in [0.25, 0.3) is 10.8 Å². The zero-order valence-corrected chi connectivity index (χ0v) is 36.0. The Bertz CT molecular complexity index is 1970. The lowest BCUT2D eigenvalue weighted by Crippen LogP contribution is -2.39. The van der Waals surface area contributed by atoms with Gasteiger partial charge in [-0.3, -0.25) is 23.4 Å². The molecule has 1 fully saturated rings. The summed E-state index contributed by atoms with van der Waals surface area (Å²) in [4.78, 5) is 42.1. The van der Waals surface area contributed by atoms with Gasteiger partial charge in [0, 0.05) is 61.4 Å². The van der Waals surface area contributed by atoms with E-state index in [4.69, 9.17) is 45.1 Å². The Hall–Kier alpha value is -4.03. The summed E-state index contributed by atoms with van der Waals surface area (Å²) in [5.74, 6) is 0.584. The number of rotatable bonds is 16. The molecule has 5 rings (SSSR count). The Morgan fingerprint density at radius 3 is 2.25 bits per heavy atom. The number of phosphoric ester groups is 1. The molecule has 13 nitrogen and oxygen atoms in total. The Morgan fingerprint density at radius 1 is 0.930 bits per heavy atom. The van der Waals surface area contributed by atoms with E-state index in [1.54, 1.807) is 69.5 Å². The Kier molecular flexibility index (Phi) is 14.1. The van der Waals surface area contributed by atoms with Gasteiger partial charge in [0.05, 0.1) is 42.2 Å². The minimum Gasteiger partial charge on any atom is -0.493 e. The van der Waals surface area contributed by atoms with Gasteiger partial charge < -0.3 is 34.3 Å². The summed E-state index contributed by atoms with van der Waals surface area (Å²) in [7, 11) is -2.65. The minimum absolute atomic E-state index is 0.0612. The van der Waals surface area contributed by atoms with Crippen molar-refractivity contribution in [1.82, 2.24) is 4.90 Å². The third kappa shape index (κ3) is 11.1. The number of phosphoric acid groups is 1. The van der Waals surface area contributed by atoms with Crippen molar-refractivity contribution in [3.8, 4) is 17.2 Å². The number of fused-ring (bicyclic) bond motifs is 3. The fourth-order valence-electron chi connectivity index (χ4n) is 7.25. The van der Waals surface area contributed by atoms with Crippen LogP contribution in [0.3, 0.4) is 0 Å². The molecule has 2 atom stereocenters. The molecule has 2 N–H and O–H groups in total. The number of halogens is 1. The topological polar surface area (TPSA) is 156 Å². The van der Waals surface area contributed by atoms with Crippen molar-refractivity contribution in [2.45, 2.75) is 110 Å². The smallest absolute Gasteiger partial charge is 0.493 e. The molecule has 0 unspecified atom stereocenters. The Morgan fingerprint density at radius 2 is 1.61 bits per heavy atom. The van der Waals surface area contributed by atoms with Crippen molar-refractivity contribution < 1.29 is 46.7 Å². The molecule has 0 saturated carbocycles. The summed E-state index contributed by atoms with van der Waals surface area (Å²) >= 11 is 6.50. The van der Waals surface area contributed by atoms with Crippen molar-refractivity contribution >= 4 is 59.4 Å². The van der Waals surface area contributed by atoms with Crippen molar-refractivity contribution in [3.05, 3.63) is 53.6 Å². The number of ether oxygens (including phenoxy) is 3. The van der Waals surface area contributed by atoms with Gasteiger partial charge in [-0.15, -0.1) is 11.6 Å². The largest absolute Gasteiger partial charge is 0.531 e. The van der Waals surface area contributed by atoms with Crippen LogP contribution in [0.1, 0.15) is 109 Å². The lowest BCUT2D eigenvalue weighted by atomic mass is 9.95. The monoisotopic (exact) mass is 829 g/mol. The van der Waals surface area contributed by atoms with E-state index in [-0.39, 0.29) is 48.5 Å². The molecule has 57 heavy (non-hydrogen) atoms. The number of alkyl halides is 1. The molecule has 3 aromatic rings. The number of hydrogen-bond acceptors (Lipinski definition) is 11. The fraction of sp³-hybridized carbons (Fsp3) is 0.548. The number of benzene rings is 3. The molecule has 2 aliphatic heterocycles. The average molecular weight is 830 g/mol. The number of unbranched alkanes of at least 4 members (excludes halogenated alkanes) is 2. The van der Waals surface area contributed by atoms with Gasteiger partial charge in [0.25, 0.3) is 5.91 Å². The van der Waals surface area contributed by atoms with Crippen LogP contribution >= 0.6 is 19.4 Å². The van der Waals surface area contributed by atoms with Crippen LogP contribution in [-0.4, -0.2) is 79.2 Å². The second-order valence-electron chi connectivity index (χ2n) is 16.5. The van der Waals surface area contributed by atoms with Gasteiger partial charge in [-0.05, 0) is 90.7 Å². The number of carbonyl (C=O) groups is 3. The Labute approximate surface area is 341 Å². The third-order valence-electron chi connectivity index (χ3n) is 9.57. The first-order valence-corrected chi connectivity index (χ1v) is 21.5. The number of amides is 2. The molecule has 15 heteroatoms. The van der Waals surface area contributed by atoms with Gasteiger partial charge in [0.15, 0.2) is 11.5 Å². The normalized spacial score (nSPS) is 17.1. The number of nitrogens with zero attached hydrogens (tertiary/aromatic N) is 2. The summed E-state index contributed by atoms with van der Waals surface area (Å²) in [6, 6.07) is 12.4. The first kappa shape index (κ1) is 44.1. The quantitative estimate of drug-likeness (QED) is 0.0483. The highest BCUT2D eigenvalue weighted by Crippen LogP contribution is 2.57. The number of hydrogen-bond donors (Lipinski definition) is 1. The van der Waals surface area contributed by atoms with E-state index >= 15 is 0 Å². The second-order valence-corrected chi connectivity index (χ2v) is 18.3. The summed E-state index contributed by atoms with van der Waals surface area (Å²) in [5.41, 5.74) is 6.84. The van der Waals surface area contributed by atoms with Crippen LogP contribution in [0, 0.1) is 0 Å². The van der Waals surface area contributed by atoms with E-state index in [9.17, 15) is 18.9 Å². The SMILES string of the molecule is COc1cc(C(=O)N2CCC[C@H]2COC(C)=O)c(N)cc1OCCCCCC(=O)N1C[C@@H](CCl)c2c1cc(OP(=O)(OC(C)(C)C)OC(C)(C)C)c1ccccc21. The van der Waals surface area contributed by atoms with Gasteiger partial charge in [0.1, 0.15) is 12.4 Å². The van der Waals surface area contributed by atoms with Crippen LogP contribution in [0.4, 0.5) is 11.4 Å². The molecular weight excluding hydrogens is 773 g/mol. The van der Waals surface area contributed by atoms with Crippen LogP contribution in [0.5, 0.6) is 17.2 Å². The van der Waals surface area contributed by atoms with Crippen LogP contribution in [-0.2, 0) is 27.9 Å². The predicted octanol–water partition coefficient (Wildman–Crippen LogP) is 9.02. The van der Waals surface area contributed by atoms with Gasteiger partial charge in [-0.2, -0.15) is 0 Å². The van der Waals surface area contributed by atoms with Crippen molar-refractivity contribution in [1.29, 1.82) is 0 Å². The van der Waals surface area contributed by atoms with E-state index in [0.717, 1.165) is 23.8 Å². The van der Waals surface area contributed by atoms with Gasteiger partial charge in [-0.1, -0.05) is 24.3 Å². The van der Waals surface area contributed by atoms with E-state index in [1.807, 2.05) is 24.3 Å². The molecule has 3 aromatic carbocycles. The molecule has 0 aromatic heterocycles. The van der Waals surface area contributed by atoms with Crippen molar-refractivity contribution in [2.24, 2.45) is 0 Å².